The van der Waals surface area contributed by atoms with Gasteiger partial charge in [-0.25, -0.2) is 0 Å². The second kappa shape index (κ2) is 7.63. The molecule has 7 heteroatoms. The lowest BCUT2D eigenvalue weighted by molar-refractivity contribution is 0.308. The van der Waals surface area contributed by atoms with Crippen LogP contribution in [0.2, 0.25) is 0 Å². The van der Waals surface area contributed by atoms with Gasteiger partial charge >= 0.3 is 4.87 Å². The Kier molecular flexibility index (Phi) is 5.84. The number of rotatable bonds is 7. The molecule has 0 aliphatic rings. The maximum absolute atomic E-state index is 11.0. The molecule has 0 aliphatic heterocycles. The standard InChI is InChI=1S/C14H17BrN2O3S/c1-3-20-13-11(15)4-9(5-12(13)19-2)6-16-7-10-8-21-14(18)17-10/h4-5,8,16H,3,6-7H2,1-2H3,(H,17,18). The number of hydrogen-bond acceptors (Lipinski definition) is 5. The molecule has 0 bridgehead atoms. The van der Waals surface area contributed by atoms with Crippen LogP contribution in [0.1, 0.15) is 18.2 Å². The predicted octanol–water partition coefficient (Wildman–Crippen LogP) is 2.90. The number of thiazole rings is 1. The molecule has 0 aliphatic carbocycles. The van der Waals surface area contributed by atoms with Gasteiger partial charge < -0.3 is 19.8 Å². The van der Waals surface area contributed by atoms with E-state index in [1.165, 1.54) is 11.3 Å². The molecule has 0 spiro atoms. The maximum atomic E-state index is 11.0. The smallest absolute Gasteiger partial charge is 0.304 e. The Morgan fingerprint density at radius 2 is 2.19 bits per heavy atom. The fourth-order valence-electron chi connectivity index (χ4n) is 1.90. The molecule has 5 nitrogen and oxygen atoms in total. The van der Waals surface area contributed by atoms with Crippen molar-refractivity contribution in [2.24, 2.45) is 0 Å². The van der Waals surface area contributed by atoms with E-state index in [0.717, 1.165) is 15.7 Å². The molecule has 1 heterocycles. The van der Waals surface area contributed by atoms with Gasteiger partial charge in [0, 0.05) is 24.2 Å². The molecule has 0 atom stereocenters. The van der Waals surface area contributed by atoms with Gasteiger partial charge in [0.1, 0.15) is 0 Å². The van der Waals surface area contributed by atoms with Gasteiger partial charge in [-0.1, -0.05) is 11.3 Å². The third kappa shape index (κ3) is 4.33. The maximum Gasteiger partial charge on any atom is 0.304 e. The summed E-state index contributed by atoms with van der Waals surface area (Å²) in [6.45, 7) is 3.80. The molecule has 21 heavy (non-hydrogen) atoms. The predicted molar refractivity (Wildman–Crippen MR) is 87.3 cm³/mol. The zero-order valence-electron chi connectivity index (χ0n) is 11.9. The minimum Gasteiger partial charge on any atom is -0.493 e. The van der Waals surface area contributed by atoms with Crippen LogP contribution in [0.5, 0.6) is 11.5 Å². The van der Waals surface area contributed by atoms with Crippen LogP contribution in [0.15, 0.2) is 26.8 Å². The zero-order chi connectivity index (χ0) is 15.2. The number of hydrogen-bond donors (Lipinski definition) is 2. The first-order chi connectivity index (χ1) is 10.1. The molecule has 0 amide bonds. The van der Waals surface area contributed by atoms with Gasteiger partial charge in [-0.2, -0.15) is 0 Å². The molecule has 0 saturated carbocycles. The first-order valence-electron chi connectivity index (χ1n) is 6.50. The second-order valence-electron chi connectivity index (χ2n) is 4.32. The van der Waals surface area contributed by atoms with Crippen LogP contribution in [0.25, 0.3) is 0 Å². The summed E-state index contributed by atoms with van der Waals surface area (Å²) in [7, 11) is 1.62. The van der Waals surface area contributed by atoms with Crippen molar-refractivity contribution in [2.75, 3.05) is 13.7 Å². The minimum atomic E-state index is -0.0303. The molecule has 2 rings (SSSR count). The number of halogens is 1. The Balaban J connectivity index is 2.03. The van der Waals surface area contributed by atoms with Crippen molar-refractivity contribution >= 4 is 27.3 Å². The average molecular weight is 373 g/mol. The summed E-state index contributed by atoms with van der Waals surface area (Å²) in [6.07, 6.45) is 0. The molecule has 0 fully saturated rings. The Hall–Kier alpha value is -1.31. The van der Waals surface area contributed by atoms with Crippen molar-refractivity contribution < 1.29 is 9.47 Å². The number of nitrogens with one attached hydrogen (secondary N) is 2. The van der Waals surface area contributed by atoms with Crippen LogP contribution in [-0.4, -0.2) is 18.7 Å². The van der Waals surface area contributed by atoms with E-state index in [4.69, 9.17) is 9.47 Å². The fraction of sp³-hybridized carbons (Fsp3) is 0.357. The lowest BCUT2D eigenvalue weighted by Crippen LogP contribution is -2.14. The Morgan fingerprint density at radius 1 is 1.38 bits per heavy atom. The normalized spacial score (nSPS) is 10.6. The van der Waals surface area contributed by atoms with Crippen molar-refractivity contribution in [1.82, 2.24) is 10.3 Å². The summed E-state index contributed by atoms with van der Waals surface area (Å²) in [4.78, 5) is 13.8. The van der Waals surface area contributed by atoms with Gasteiger partial charge in [0.2, 0.25) is 0 Å². The monoisotopic (exact) mass is 372 g/mol. The number of aromatic nitrogens is 1. The number of methoxy groups -OCH3 is 1. The van der Waals surface area contributed by atoms with E-state index in [2.05, 4.69) is 26.2 Å². The van der Waals surface area contributed by atoms with Gasteiger partial charge in [-0.3, -0.25) is 4.79 Å². The topological polar surface area (TPSA) is 63.3 Å². The highest BCUT2D eigenvalue weighted by Crippen LogP contribution is 2.36. The summed E-state index contributed by atoms with van der Waals surface area (Å²) in [5.74, 6) is 1.41. The van der Waals surface area contributed by atoms with Gasteiger partial charge in [-0.05, 0) is 40.5 Å². The highest BCUT2D eigenvalue weighted by molar-refractivity contribution is 9.10. The summed E-state index contributed by atoms with van der Waals surface area (Å²) in [5.41, 5.74) is 1.96. The van der Waals surface area contributed by atoms with Crippen molar-refractivity contribution in [2.45, 2.75) is 20.0 Å². The molecule has 0 saturated heterocycles. The van der Waals surface area contributed by atoms with Gasteiger partial charge in [0.15, 0.2) is 11.5 Å². The van der Waals surface area contributed by atoms with E-state index in [9.17, 15) is 4.79 Å². The van der Waals surface area contributed by atoms with Gasteiger partial charge in [0.25, 0.3) is 0 Å². The van der Waals surface area contributed by atoms with Crippen LogP contribution in [-0.2, 0) is 13.1 Å². The molecule has 1 aromatic carbocycles. The van der Waals surface area contributed by atoms with Gasteiger partial charge in [-0.15, -0.1) is 0 Å². The quantitative estimate of drug-likeness (QED) is 0.784. The van der Waals surface area contributed by atoms with Crippen LogP contribution in [0.4, 0.5) is 0 Å². The van der Waals surface area contributed by atoms with E-state index >= 15 is 0 Å². The molecule has 114 valence electrons. The molecule has 0 radical (unpaired) electrons. The van der Waals surface area contributed by atoms with Crippen LogP contribution in [0.3, 0.4) is 0 Å². The fourth-order valence-corrected chi connectivity index (χ4v) is 3.09. The highest BCUT2D eigenvalue weighted by Gasteiger charge is 2.11. The van der Waals surface area contributed by atoms with Crippen LogP contribution in [0, 0.1) is 0 Å². The van der Waals surface area contributed by atoms with E-state index in [1.54, 1.807) is 7.11 Å². The minimum absolute atomic E-state index is 0.0303. The van der Waals surface area contributed by atoms with Crippen molar-refractivity contribution in [3.8, 4) is 11.5 Å². The third-order valence-corrected chi connectivity index (χ3v) is 4.10. The average Bonchev–Trinajstić information content (AvgIpc) is 2.87. The Morgan fingerprint density at radius 3 is 2.81 bits per heavy atom. The Labute approximate surface area is 135 Å². The van der Waals surface area contributed by atoms with E-state index < -0.39 is 0 Å². The first-order valence-corrected chi connectivity index (χ1v) is 8.18. The summed E-state index contributed by atoms with van der Waals surface area (Å²) < 4.78 is 11.8. The zero-order valence-corrected chi connectivity index (χ0v) is 14.3. The molecule has 0 unspecified atom stereocenters. The lowest BCUT2D eigenvalue weighted by Gasteiger charge is -2.13. The lowest BCUT2D eigenvalue weighted by atomic mass is 10.2. The number of ether oxygens (including phenoxy) is 2. The third-order valence-electron chi connectivity index (χ3n) is 2.79. The number of H-pyrrole nitrogens is 1. The van der Waals surface area contributed by atoms with Crippen molar-refractivity contribution in [3.05, 3.63) is 42.9 Å². The summed E-state index contributed by atoms with van der Waals surface area (Å²) >= 11 is 4.67. The molecule has 1 aromatic heterocycles. The van der Waals surface area contributed by atoms with E-state index in [0.29, 0.717) is 31.2 Å². The Bertz CT molecular complexity index is 654. The first kappa shape index (κ1) is 16.1. The van der Waals surface area contributed by atoms with E-state index in [1.807, 2.05) is 24.4 Å². The van der Waals surface area contributed by atoms with Crippen LogP contribution < -0.4 is 19.7 Å². The molecular formula is C14H17BrN2O3S. The summed E-state index contributed by atoms with van der Waals surface area (Å²) in [5, 5.41) is 5.10. The van der Waals surface area contributed by atoms with Crippen LogP contribution >= 0.6 is 27.3 Å². The second-order valence-corrected chi connectivity index (χ2v) is 6.02. The summed E-state index contributed by atoms with van der Waals surface area (Å²) in [6, 6.07) is 3.94. The molecule has 2 aromatic rings. The number of benzene rings is 1. The van der Waals surface area contributed by atoms with Gasteiger partial charge in [0.05, 0.1) is 18.2 Å². The van der Waals surface area contributed by atoms with E-state index in [-0.39, 0.29) is 4.87 Å². The number of aromatic amines is 1. The molecule has 2 N–H and O–H groups in total. The largest absolute Gasteiger partial charge is 0.493 e. The SMILES string of the molecule is CCOc1c(Br)cc(CNCc2csc(=O)[nH]2)cc1OC. The highest BCUT2D eigenvalue weighted by atomic mass is 79.9. The molecular weight excluding hydrogens is 356 g/mol. The van der Waals surface area contributed by atoms with Crippen molar-refractivity contribution in [3.63, 3.8) is 0 Å². The van der Waals surface area contributed by atoms with Crippen molar-refractivity contribution in [1.29, 1.82) is 0 Å².